The Morgan fingerprint density at radius 1 is 1.19 bits per heavy atom. The molecule has 21 heavy (non-hydrogen) atoms. The normalized spacial score (nSPS) is 10.2. The standard InChI is InChI=1S/C16H20N4O/c1-3-8-18-15-13(7-5-10-19-15)16(21)20-11-14-12(2)6-4-9-17-14/h4-7,9-10H,3,8,11H2,1-2H3,(H,18,19)(H,20,21). The zero-order valence-corrected chi connectivity index (χ0v) is 12.4. The van der Waals surface area contributed by atoms with Gasteiger partial charge in [0.2, 0.25) is 0 Å². The average molecular weight is 284 g/mol. The average Bonchev–Trinajstić information content (AvgIpc) is 2.52. The predicted octanol–water partition coefficient (Wildman–Crippen LogP) is 2.54. The van der Waals surface area contributed by atoms with Gasteiger partial charge in [-0.05, 0) is 37.1 Å². The van der Waals surface area contributed by atoms with E-state index in [4.69, 9.17) is 0 Å². The molecule has 2 rings (SSSR count). The summed E-state index contributed by atoms with van der Waals surface area (Å²) < 4.78 is 0. The number of carbonyl (C=O) groups excluding carboxylic acids is 1. The van der Waals surface area contributed by atoms with Crippen LogP contribution < -0.4 is 10.6 Å². The van der Waals surface area contributed by atoms with Crippen LogP contribution in [-0.4, -0.2) is 22.4 Å². The van der Waals surface area contributed by atoms with E-state index in [9.17, 15) is 4.79 Å². The molecule has 2 heterocycles. The van der Waals surface area contributed by atoms with Crippen molar-refractivity contribution < 1.29 is 4.79 Å². The molecule has 0 fully saturated rings. The van der Waals surface area contributed by atoms with Gasteiger partial charge in [0, 0.05) is 18.9 Å². The Morgan fingerprint density at radius 3 is 2.71 bits per heavy atom. The smallest absolute Gasteiger partial charge is 0.255 e. The number of hydrogen-bond donors (Lipinski definition) is 2. The zero-order chi connectivity index (χ0) is 15.1. The molecule has 5 heteroatoms. The van der Waals surface area contributed by atoms with Crippen LogP contribution in [0.1, 0.15) is 35.0 Å². The van der Waals surface area contributed by atoms with Crippen molar-refractivity contribution in [1.82, 2.24) is 15.3 Å². The van der Waals surface area contributed by atoms with Crippen LogP contribution in [0.2, 0.25) is 0 Å². The number of nitrogens with one attached hydrogen (secondary N) is 2. The van der Waals surface area contributed by atoms with E-state index in [1.807, 2.05) is 19.1 Å². The van der Waals surface area contributed by atoms with Gasteiger partial charge in [0.15, 0.2) is 0 Å². The maximum Gasteiger partial charge on any atom is 0.255 e. The van der Waals surface area contributed by atoms with Gasteiger partial charge >= 0.3 is 0 Å². The van der Waals surface area contributed by atoms with E-state index in [0.717, 1.165) is 24.2 Å². The molecule has 2 N–H and O–H groups in total. The highest BCUT2D eigenvalue weighted by Gasteiger charge is 2.12. The predicted molar refractivity (Wildman–Crippen MR) is 83.2 cm³/mol. The fourth-order valence-electron chi connectivity index (χ4n) is 1.94. The van der Waals surface area contributed by atoms with Crippen molar-refractivity contribution >= 4 is 11.7 Å². The van der Waals surface area contributed by atoms with Gasteiger partial charge in [-0.1, -0.05) is 13.0 Å². The third-order valence-electron chi connectivity index (χ3n) is 3.13. The van der Waals surface area contributed by atoms with Gasteiger partial charge in [0.05, 0.1) is 17.8 Å². The minimum absolute atomic E-state index is 0.147. The topological polar surface area (TPSA) is 66.9 Å². The fraction of sp³-hybridized carbons (Fsp3) is 0.312. The lowest BCUT2D eigenvalue weighted by Crippen LogP contribution is -2.25. The van der Waals surface area contributed by atoms with Gasteiger partial charge in [-0.25, -0.2) is 4.98 Å². The molecule has 0 radical (unpaired) electrons. The van der Waals surface area contributed by atoms with E-state index in [1.165, 1.54) is 0 Å². The van der Waals surface area contributed by atoms with Crippen LogP contribution in [0.15, 0.2) is 36.7 Å². The van der Waals surface area contributed by atoms with Gasteiger partial charge in [-0.2, -0.15) is 0 Å². The molecule has 0 aliphatic rings. The van der Waals surface area contributed by atoms with Crippen molar-refractivity contribution in [2.45, 2.75) is 26.8 Å². The fourth-order valence-corrected chi connectivity index (χ4v) is 1.94. The summed E-state index contributed by atoms with van der Waals surface area (Å²) in [6, 6.07) is 7.39. The van der Waals surface area contributed by atoms with Crippen molar-refractivity contribution in [3.8, 4) is 0 Å². The van der Waals surface area contributed by atoms with Gasteiger partial charge < -0.3 is 10.6 Å². The second kappa shape index (κ2) is 7.38. The summed E-state index contributed by atoms with van der Waals surface area (Å²) in [7, 11) is 0. The number of aryl methyl sites for hydroxylation is 1. The number of rotatable bonds is 6. The molecule has 1 amide bonds. The highest BCUT2D eigenvalue weighted by atomic mass is 16.1. The monoisotopic (exact) mass is 284 g/mol. The Morgan fingerprint density at radius 2 is 1.95 bits per heavy atom. The Kier molecular flexibility index (Phi) is 5.26. The van der Waals surface area contributed by atoms with E-state index < -0.39 is 0 Å². The van der Waals surface area contributed by atoms with Gasteiger partial charge in [-0.15, -0.1) is 0 Å². The number of nitrogens with zero attached hydrogens (tertiary/aromatic N) is 2. The van der Waals surface area contributed by atoms with Crippen LogP contribution in [0.5, 0.6) is 0 Å². The maximum absolute atomic E-state index is 12.3. The lowest BCUT2D eigenvalue weighted by Gasteiger charge is -2.11. The number of pyridine rings is 2. The van der Waals surface area contributed by atoms with Crippen LogP contribution in [0.4, 0.5) is 5.82 Å². The number of hydrogen-bond acceptors (Lipinski definition) is 4. The summed E-state index contributed by atoms with van der Waals surface area (Å²) in [5.74, 6) is 0.473. The number of anilines is 1. The quantitative estimate of drug-likeness (QED) is 0.855. The Labute approximate surface area is 124 Å². The largest absolute Gasteiger partial charge is 0.369 e. The Bertz CT molecular complexity index is 613. The van der Waals surface area contributed by atoms with E-state index >= 15 is 0 Å². The van der Waals surface area contributed by atoms with Crippen molar-refractivity contribution in [3.63, 3.8) is 0 Å². The second-order valence-corrected chi connectivity index (χ2v) is 4.78. The molecule has 2 aromatic heterocycles. The van der Waals surface area contributed by atoms with Gasteiger partial charge in [0.25, 0.3) is 5.91 Å². The summed E-state index contributed by atoms with van der Waals surface area (Å²) in [6.45, 7) is 5.25. The van der Waals surface area contributed by atoms with E-state index in [-0.39, 0.29) is 5.91 Å². The maximum atomic E-state index is 12.3. The summed E-state index contributed by atoms with van der Waals surface area (Å²) in [6.07, 6.45) is 4.38. The minimum atomic E-state index is -0.147. The highest BCUT2D eigenvalue weighted by molar-refractivity contribution is 5.98. The van der Waals surface area contributed by atoms with Crippen molar-refractivity contribution in [3.05, 3.63) is 53.5 Å². The number of aromatic nitrogens is 2. The van der Waals surface area contributed by atoms with Crippen LogP contribution in [0.25, 0.3) is 0 Å². The van der Waals surface area contributed by atoms with Crippen LogP contribution >= 0.6 is 0 Å². The lowest BCUT2D eigenvalue weighted by molar-refractivity contribution is 0.0951. The summed E-state index contributed by atoms with van der Waals surface area (Å²) in [4.78, 5) is 20.8. The molecule has 0 aliphatic heterocycles. The van der Waals surface area contributed by atoms with E-state index in [2.05, 4.69) is 27.5 Å². The van der Waals surface area contributed by atoms with Crippen molar-refractivity contribution in [2.75, 3.05) is 11.9 Å². The molecule has 110 valence electrons. The summed E-state index contributed by atoms with van der Waals surface area (Å²) in [5.41, 5.74) is 2.49. The highest BCUT2D eigenvalue weighted by Crippen LogP contribution is 2.12. The van der Waals surface area contributed by atoms with Crippen molar-refractivity contribution in [2.24, 2.45) is 0 Å². The number of carbonyl (C=O) groups is 1. The molecule has 2 aromatic rings. The molecule has 0 saturated heterocycles. The molecule has 0 unspecified atom stereocenters. The Hall–Kier alpha value is -2.43. The van der Waals surface area contributed by atoms with Crippen LogP contribution in [-0.2, 0) is 6.54 Å². The lowest BCUT2D eigenvalue weighted by atomic mass is 10.2. The zero-order valence-electron chi connectivity index (χ0n) is 12.4. The molecule has 0 saturated carbocycles. The molecule has 0 atom stereocenters. The number of amides is 1. The first-order valence-corrected chi connectivity index (χ1v) is 7.10. The molecule has 0 bridgehead atoms. The minimum Gasteiger partial charge on any atom is -0.369 e. The summed E-state index contributed by atoms with van der Waals surface area (Å²) >= 11 is 0. The molecule has 0 aromatic carbocycles. The van der Waals surface area contributed by atoms with E-state index in [0.29, 0.717) is 17.9 Å². The molecular weight excluding hydrogens is 264 g/mol. The van der Waals surface area contributed by atoms with Crippen LogP contribution in [0, 0.1) is 6.92 Å². The van der Waals surface area contributed by atoms with Gasteiger partial charge in [0.1, 0.15) is 5.82 Å². The third-order valence-corrected chi connectivity index (χ3v) is 3.13. The molecule has 0 aliphatic carbocycles. The second-order valence-electron chi connectivity index (χ2n) is 4.78. The molecule has 5 nitrogen and oxygen atoms in total. The first-order chi connectivity index (χ1) is 10.2. The van der Waals surface area contributed by atoms with Crippen molar-refractivity contribution in [1.29, 1.82) is 0 Å². The van der Waals surface area contributed by atoms with E-state index in [1.54, 1.807) is 24.5 Å². The third kappa shape index (κ3) is 4.02. The summed E-state index contributed by atoms with van der Waals surface area (Å²) in [5, 5.41) is 6.06. The van der Waals surface area contributed by atoms with Crippen LogP contribution in [0.3, 0.4) is 0 Å². The first kappa shape index (κ1) is 15.0. The first-order valence-electron chi connectivity index (χ1n) is 7.10. The van der Waals surface area contributed by atoms with Gasteiger partial charge in [-0.3, -0.25) is 9.78 Å². The Balaban J connectivity index is 2.05. The molecular formula is C16H20N4O. The SMILES string of the molecule is CCCNc1ncccc1C(=O)NCc1ncccc1C. The molecule has 0 spiro atoms.